The van der Waals surface area contributed by atoms with Crippen LogP contribution in [0.1, 0.15) is 30.5 Å². The SMILES string of the molecule is CC(=O)NC(CC(=O)NCCc1ccc(F)cc1)c1ccc(Cl)cc1. The van der Waals surface area contributed by atoms with E-state index in [1.807, 2.05) is 0 Å². The molecule has 0 heterocycles. The average molecular weight is 363 g/mol. The van der Waals surface area contributed by atoms with E-state index in [0.717, 1.165) is 11.1 Å². The van der Waals surface area contributed by atoms with Gasteiger partial charge in [-0.15, -0.1) is 0 Å². The van der Waals surface area contributed by atoms with Gasteiger partial charge in [0.1, 0.15) is 5.82 Å². The number of carbonyl (C=O) groups is 2. The van der Waals surface area contributed by atoms with E-state index in [-0.39, 0.29) is 24.1 Å². The third-order valence-corrected chi connectivity index (χ3v) is 3.94. The molecule has 1 unspecified atom stereocenters. The second-order valence-corrected chi connectivity index (χ2v) is 6.17. The van der Waals surface area contributed by atoms with Crippen LogP contribution in [0, 0.1) is 5.82 Å². The predicted octanol–water partition coefficient (Wildman–Crippen LogP) is 3.41. The highest BCUT2D eigenvalue weighted by molar-refractivity contribution is 6.30. The molecule has 132 valence electrons. The summed E-state index contributed by atoms with van der Waals surface area (Å²) in [5.74, 6) is -0.663. The summed E-state index contributed by atoms with van der Waals surface area (Å²) < 4.78 is 12.9. The first-order chi connectivity index (χ1) is 11.9. The zero-order chi connectivity index (χ0) is 18.2. The van der Waals surface area contributed by atoms with Gasteiger partial charge in [-0.2, -0.15) is 0 Å². The maximum absolute atomic E-state index is 12.9. The molecule has 25 heavy (non-hydrogen) atoms. The van der Waals surface area contributed by atoms with Gasteiger partial charge >= 0.3 is 0 Å². The fourth-order valence-corrected chi connectivity index (χ4v) is 2.57. The Hall–Kier alpha value is -2.40. The van der Waals surface area contributed by atoms with Crippen LogP contribution < -0.4 is 10.6 Å². The van der Waals surface area contributed by atoms with Crippen LogP contribution in [0.3, 0.4) is 0 Å². The van der Waals surface area contributed by atoms with Crippen molar-refractivity contribution in [2.24, 2.45) is 0 Å². The number of benzene rings is 2. The predicted molar refractivity (Wildman–Crippen MR) is 95.7 cm³/mol. The molecule has 4 nitrogen and oxygen atoms in total. The smallest absolute Gasteiger partial charge is 0.222 e. The number of rotatable bonds is 7. The first-order valence-electron chi connectivity index (χ1n) is 7.98. The van der Waals surface area contributed by atoms with Gasteiger partial charge in [-0.1, -0.05) is 35.9 Å². The number of hydrogen-bond acceptors (Lipinski definition) is 2. The van der Waals surface area contributed by atoms with E-state index in [9.17, 15) is 14.0 Å². The third kappa shape index (κ3) is 6.55. The van der Waals surface area contributed by atoms with Crippen LogP contribution in [0.2, 0.25) is 5.02 Å². The van der Waals surface area contributed by atoms with Crippen molar-refractivity contribution in [3.8, 4) is 0 Å². The molecule has 0 aliphatic rings. The van der Waals surface area contributed by atoms with Gasteiger partial charge in [-0.05, 0) is 41.8 Å². The molecule has 6 heteroatoms. The van der Waals surface area contributed by atoms with Gasteiger partial charge in [0.2, 0.25) is 11.8 Å². The Morgan fingerprint density at radius 1 is 1.08 bits per heavy atom. The lowest BCUT2D eigenvalue weighted by Gasteiger charge is -2.18. The van der Waals surface area contributed by atoms with Crippen molar-refractivity contribution in [1.82, 2.24) is 10.6 Å². The minimum absolute atomic E-state index is 0.130. The molecule has 0 fully saturated rings. The fourth-order valence-electron chi connectivity index (χ4n) is 2.45. The molecule has 0 saturated carbocycles. The summed E-state index contributed by atoms with van der Waals surface area (Å²) in [5.41, 5.74) is 1.76. The highest BCUT2D eigenvalue weighted by atomic mass is 35.5. The molecular formula is C19H20ClFN2O2. The Bertz CT molecular complexity index is 717. The maximum Gasteiger partial charge on any atom is 0.222 e. The quantitative estimate of drug-likeness (QED) is 0.793. The lowest BCUT2D eigenvalue weighted by molar-refractivity contribution is -0.122. The van der Waals surface area contributed by atoms with Crippen LogP contribution in [0.15, 0.2) is 48.5 Å². The van der Waals surface area contributed by atoms with Gasteiger partial charge < -0.3 is 10.6 Å². The lowest BCUT2D eigenvalue weighted by Crippen LogP contribution is -2.33. The van der Waals surface area contributed by atoms with Gasteiger partial charge in [0.25, 0.3) is 0 Å². The van der Waals surface area contributed by atoms with Crippen molar-refractivity contribution in [2.45, 2.75) is 25.8 Å². The van der Waals surface area contributed by atoms with Gasteiger partial charge in [-0.25, -0.2) is 4.39 Å². The molecular weight excluding hydrogens is 343 g/mol. The molecule has 0 spiro atoms. The van der Waals surface area contributed by atoms with Gasteiger partial charge in [0, 0.05) is 18.5 Å². The second-order valence-electron chi connectivity index (χ2n) is 5.74. The zero-order valence-corrected chi connectivity index (χ0v) is 14.6. The van der Waals surface area contributed by atoms with Crippen LogP contribution in [0.25, 0.3) is 0 Å². The first-order valence-corrected chi connectivity index (χ1v) is 8.35. The van der Waals surface area contributed by atoms with E-state index in [2.05, 4.69) is 10.6 Å². The summed E-state index contributed by atoms with van der Waals surface area (Å²) in [4.78, 5) is 23.6. The standard InChI is InChI=1S/C19H20ClFN2O2/c1-13(24)23-18(15-4-6-16(20)7-5-15)12-19(25)22-11-10-14-2-8-17(21)9-3-14/h2-9,18H,10-12H2,1H3,(H,22,25)(H,23,24). The summed E-state index contributed by atoms with van der Waals surface area (Å²) in [7, 11) is 0. The minimum atomic E-state index is -0.416. The number of halogens is 2. The molecule has 0 bridgehead atoms. The van der Waals surface area contributed by atoms with E-state index in [4.69, 9.17) is 11.6 Å². The monoisotopic (exact) mass is 362 g/mol. The third-order valence-electron chi connectivity index (χ3n) is 3.69. The minimum Gasteiger partial charge on any atom is -0.356 e. The number of amides is 2. The molecule has 0 saturated heterocycles. The fraction of sp³-hybridized carbons (Fsp3) is 0.263. The molecule has 2 aromatic carbocycles. The lowest BCUT2D eigenvalue weighted by atomic mass is 10.0. The summed E-state index contributed by atoms with van der Waals surface area (Å²) >= 11 is 5.87. The van der Waals surface area contributed by atoms with Crippen molar-refractivity contribution in [3.05, 3.63) is 70.5 Å². The molecule has 0 aliphatic carbocycles. The van der Waals surface area contributed by atoms with Crippen molar-refractivity contribution in [2.75, 3.05) is 6.54 Å². The Balaban J connectivity index is 1.89. The average Bonchev–Trinajstić information content (AvgIpc) is 2.56. The number of nitrogens with one attached hydrogen (secondary N) is 2. The Morgan fingerprint density at radius 2 is 1.72 bits per heavy atom. The Morgan fingerprint density at radius 3 is 2.32 bits per heavy atom. The summed E-state index contributed by atoms with van der Waals surface area (Å²) in [6.45, 7) is 1.85. The van der Waals surface area contributed by atoms with E-state index >= 15 is 0 Å². The topological polar surface area (TPSA) is 58.2 Å². The number of carbonyl (C=O) groups excluding carboxylic acids is 2. The van der Waals surface area contributed by atoms with Crippen LogP contribution in [-0.4, -0.2) is 18.4 Å². The molecule has 2 amide bonds. The van der Waals surface area contributed by atoms with Crippen molar-refractivity contribution >= 4 is 23.4 Å². The summed E-state index contributed by atoms with van der Waals surface area (Å²) in [5, 5.41) is 6.19. The first kappa shape index (κ1) is 18.9. The molecule has 0 aromatic heterocycles. The van der Waals surface area contributed by atoms with E-state index in [1.165, 1.54) is 19.1 Å². The van der Waals surface area contributed by atoms with E-state index < -0.39 is 6.04 Å². The summed E-state index contributed by atoms with van der Waals surface area (Å²) in [6.07, 6.45) is 0.738. The molecule has 2 N–H and O–H groups in total. The molecule has 2 aromatic rings. The van der Waals surface area contributed by atoms with Crippen molar-refractivity contribution in [1.29, 1.82) is 0 Å². The molecule has 0 aliphatic heterocycles. The van der Waals surface area contributed by atoms with E-state index in [0.29, 0.717) is 18.0 Å². The van der Waals surface area contributed by atoms with Gasteiger partial charge in [0.15, 0.2) is 0 Å². The normalized spacial score (nSPS) is 11.6. The Labute approximate surface area is 151 Å². The van der Waals surface area contributed by atoms with Crippen LogP contribution in [-0.2, 0) is 16.0 Å². The summed E-state index contributed by atoms with van der Waals surface area (Å²) in [6, 6.07) is 12.8. The van der Waals surface area contributed by atoms with Crippen molar-refractivity contribution < 1.29 is 14.0 Å². The van der Waals surface area contributed by atoms with Crippen molar-refractivity contribution in [3.63, 3.8) is 0 Å². The molecule has 0 radical (unpaired) electrons. The zero-order valence-electron chi connectivity index (χ0n) is 13.9. The highest BCUT2D eigenvalue weighted by Gasteiger charge is 2.17. The van der Waals surface area contributed by atoms with Gasteiger partial charge in [-0.3, -0.25) is 9.59 Å². The van der Waals surface area contributed by atoms with Crippen LogP contribution >= 0.6 is 11.6 Å². The van der Waals surface area contributed by atoms with Crippen LogP contribution in [0.5, 0.6) is 0 Å². The van der Waals surface area contributed by atoms with Gasteiger partial charge in [0.05, 0.1) is 12.5 Å². The molecule has 2 rings (SSSR count). The number of hydrogen-bond donors (Lipinski definition) is 2. The largest absolute Gasteiger partial charge is 0.356 e. The van der Waals surface area contributed by atoms with Crippen LogP contribution in [0.4, 0.5) is 4.39 Å². The van der Waals surface area contributed by atoms with E-state index in [1.54, 1.807) is 36.4 Å². The Kier molecular flexibility index (Phi) is 6.95. The highest BCUT2D eigenvalue weighted by Crippen LogP contribution is 2.19. The maximum atomic E-state index is 12.9. The second kappa shape index (κ2) is 9.18. The molecule has 1 atom stereocenters.